The van der Waals surface area contributed by atoms with E-state index in [0.717, 1.165) is 109 Å². The van der Waals surface area contributed by atoms with Crippen LogP contribution in [0.3, 0.4) is 0 Å². The molecule has 0 saturated heterocycles. The summed E-state index contributed by atoms with van der Waals surface area (Å²) in [6.07, 6.45) is 60.6. The molecule has 0 aromatic carbocycles. The Bertz CT molecular complexity index is 1140. The first-order chi connectivity index (χ1) is 29.5. The number of ether oxygens (including phenoxy) is 3. The summed E-state index contributed by atoms with van der Waals surface area (Å²) in [7, 11) is 0. The van der Waals surface area contributed by atoms with E-state index in [0.29, 0.717) is 19.3 Å². The van der Waals surface area contributed by atoms with Gasteiger partial charge in [-0.15, -0.1) is 0 Å². The number of hydrogen-bond acceptors (Lipinski definition) is 6. The average Bonchev–Trinajstić information content (AvgIpc) is 3.24. The Kier molecular flexibility index (Phi) is 46.0. The Morgan fingerprint density at radius 2 is 0.667 bits per heavy atom. The Balaban J connectivity index is 4.14. The summed E-state index contributed by atoms with van der Waals surface area (Å²) < 4.78 is 16.6. The highest BCUT2D eigenvalue weighted by molar-refractivity contribution is 5.71. The van der Waals surface area contributed by atoms with E-state index in [1.54, 1.807) is 0 Å². The van der Waals surface area contributed by atoms with Crippen molar-refractivity contribution < 1.29 is 28.6 Å². The molecule has 0 aliphatic carbocycles. The van der Waals surface area contributed by atoms with Crippen LogP contribution < -0.4 is 0 Å². The van der Waals surface area contributed by atoms with Crippen molar-refractivity contribution in [3.63, 3.8) is 0 Å². The van der Waals surface area contributed by atoms with E-state index < -0.39 is 6.10 Å². The van der Waals surface area contributed by atoms with Gasteiger partial charge in [0.25, 0.3) is 0 Å². The third-order valence-corrected chi connectivity index (χ3v) is 10.4. The smallest absolute Gasteiger partial charge is 0.306 e. The minimum Gasteiger partial charge on any atom is -0.462 e. The standard InChI is InChI=1S/C54H92O6/c1-4-7-10-13-16-18-20-21-22-23-24-25-26-27-28-29-30-31-32-33-35-36-38-41-44-47-53(56)59-50-51(49-58-52(55)46-43-40-15-12-9-6-3)60-54(57)48-45-42-39-37-34-19-17-14-11-8-5-2/h7,10,14,16-18,21-22,24-25,27-28,51H,4-6,8-9,11-13,15,19-20,23,26,29-50H2,1-3H3/b10-7-,17-14-,18-16-,22-21-,25-24-,28-27-. The maximum Gasteiger partial charge on any atom is 0.306 e. The molecule has 6 nitrogen and oxygen atoms in total. The van der Waals surface area contributed by atoms with Gasteiger partial charge < -0.3 is 14.2 Å². The van der Waals surface area contributed by atoms with Crippen LogP contribution in [-0.2, 0) is 28.6 Å². The lowest BCUT2D eigenvalue weighted by atomic mass is 10.1. The fourth-order valence-electron chi connectivity index (χ4n) is 6.68. The Morgan fingerprint density at radius 1 is 0.350 bits per heavy atom. The number of allylic oxidation sites excluding steroid dienone is 12. The first-order valence-electron chi connectivity index (χ1n) is 24.9. The van der Waals surface area contributed by atoms with Crippen molar-refractivity contribution in [2.24, 2.45) is 0 Å². The molecule has 0 aromatic heterocycles. The number of esters is 3. The van der Waals surface area contributed by atoms with Crippen LogP contribution >= 0.6 is 0 Å². The van der Waals surface area contributed by atoms with Gasteiger partial charge in [-0.25, -0.2) is 0 Å². The molecule has 0 aliphatic heterocycles. The summed E-state index contributed by atoms with van der Waals surface area (Å²) >= 11 is 0. The average molecular weight is 837 g/mol. The second-order valence-electron chi connectivity index (χ2n) is 16.3. The molecule has 0 amide bonds. The van der Waals surface area contributed by atoms with E-state index in [9.17, 15) is 14.4 Å². The van der Waals surface area contributed by atoms with E-state index in [2.05, 4.69) is 93.7 Å². The summed E-state index contributed by atoms with van der Waals surface area (Å²) in [6.45, 7) is 6.40. The van der Waals surface area contributed by atoms with Gasteiger partial charge in [0, 0.05) is 19.3 Å². The summed E-state index contributed by atoms with van der Waals surface area (Å²) in [6, 6.07) is 0. The second-order valence-corrected chi connectivity index (χ2v) is 16.3. The lowest BCUT2D eigenvalue weighted by molar-refractivity contribution is -0.167. The number of hydrogen-bond donors (Lipinski definition) is 0. The van der Waals surface area contributed by atoms with Crippen LogP contribution in [0.15, 0.2) is 72.9 Å². The zero-order valence-corrected chi connectivity index (χ0v) is 39.2. The number of unbranched alkanes of at least 4 members (excludes halogenated alkanes) is 21. The highest BCUT2D eigenvalue weighted by atomic mass is 16.6. The predicted octanol–water partition coefficient (Wildman–Crippen LogP) is 16.3. The molecule has 0 N–H and O–H groups in total. The summed E-state index contributed by atoms with van der Waals surface area (Å²) in [5.74, 6) is -0.909. The normalized spacial score (nSPS) is 12.7. The van der Waals surface area contributed by atoms with Crippen LogP contribution in [0.5, 0.6) is 0 Å². The molecule has 344 valence electrons. The topological polar surface area (TPSA) is 78.9 Å². The number of carbonyl (C=O) groups is 3. The predicted molar refractivity (Wildman–Crippen MR) is 256 cm³/mol. The monoisotopic (exact) mass is 837 g/mol. The van der Waals surface area contributed by atoms with E-state index >= 15 is 0 Å². The minimum absolute atomic E-state index is 0.0805. The van der Waals surface area contributed by atoms with Gasteiger partial charge in [0.15, 0.2) is 6.10 Å². The van der Waals surface area contributed by atoms with Crippen molar-refractivity contribution >= 4 is 17.9 Å². The fraction of sp³-hybridized carbons (Fsp3) is 0.722. The summed E-state index contributed by atoms with van der Waals surface area (Å²) in [5.41, 5.74) is 0. The van der Waals surface area contributed by atoms with Crippen LogP contribution in [0.25, 0.3) is 0 Å². The second kappa shape index (κ2) is 48.5. The lowest BCUT2D eigenvalue weighted by Gasteiger charge is -2.18. The highest BCUT2D eigenvalue weighted by Gasteiger charge is 2.19. The molecule has 0 fully saturated rings. The number of carbonyl (C=O) groups excluding carboxylic acids is 3. The van der Waals surface area contributed by atoms with Crippen molar-refractivity contribution in [1.29, 1.82) is 0 Å². The van der Waals surface area contributed by atoms with Gasteiger partial charge in [-0.3, -0.25) is 14.4 Å². The number of rotatable bonds is 44. The molecule has 0 radical (unpaired) electrons. The fourth-order valence-corrected chi connectivity index (χ4v) is 6.68. The van der Waals surface area contributed by atoms with Gasteiger partial charge in [0.2, 0.25) is 0 Å². The molecule has 0 aliphatic rings. The molecule has 0 bridgehead atoms. The van der Waals surface area contributed by atoms with Crippen LogP contribution in [0.4, 0.5) is 0 Å². The summed E-state index contributed by atoms with van der Waals surface area (Å²) in [5, 5.41) is 0. The molecule has 0 spiro atoms. The van der Waals surface area contributed by atoms with Gasteiger partial charge in [-0.1, -0.05) is 203 Å². The molecule has 0 rings (SSSR count). The van der Waals surface area contributed by atoms with Crippen molar-refractivity contribution in [3.8, 4) is 0 Å². The van der Waals surface area contributed by atoms with Gasteiger partial charge in [-0.2, -0.15) is 0 Å². The van der Waals surface area contributed by atoms with E-state index in [4.69, 9.17) is 14.2 Å². The molecule has 60 heavy (non-hydrogen) atoms. The van der Waals surface area contributed by atoms with Crippen LogP contribution in [0.2, 0.25) is 0 Å². The first kappa shape index (κ1) is 56.9. The van der Waals surface area contributed by atoms with Gasteiger partial charge in [0.1, 0.15) is 13.2 Å². The van der Waals surface area contributed by atoms with Crippen molar-refractivity contribution in [3.05, 3.63) is 72.9 Å². The zero-order valence-electron chi connectivity index (χ0n) is 39.2. The summed E-state index contributed by atoms with van der Waals surface area (Å²) in [4.78, 5) is 37.6. The van der Waals surface area contributed by atoms with Crippen molar-refractivity contribution in [1.82, 2.24) is 0 Å². The Labute approximate surface area is 370 Å². The molecule has 6 heteroatoms. The van der Waals surface area contributed by atoms with E-state index in [1.807, 2.05) is 0 Å². The minimum atomic E-state index is -0.776. The lowest BCUT2D eigenvalue weighted by Crippen LogP contribution is -2.30. The van der Waals surface area contributed by atoms with Gasteiger partial charge in [0.05, 0.1) is 0 Å². The first-order valence-corrected chi connectivity index (χ1v) is 24.9. The molecular weight excluding hydrogens is 745 g/mol. The van der Waals surface area contributed by atoms with Crippen LogP contribution in [-0.4, -0.2) is 37.2 Å². The third kappa shape index (κ3) is 45.9. The van der Waals surface area contributed by atoms with Crippen LogP contribution in [0, 0.1) is 0 Å². The molecule has 1 atom stereocenters. The molecule has 0 saturated carbocycles. The largest absolute Gasteiger partial charge is 0.462 e. The quantitative estimate of drug-likeness (QED) is 0.0263. The SMILES string of the molecule is CC/C=C\C/C=C\C/C=C\C/C=C\C/C=C\CCCCCCCCCCCC(=O)OCC(COC(=O)CCCCCCCC)OC(=O)CCCCCCC/C=C\CCCC. The zero-order chi connectivity index (χ0) is 43.7. The maximum atomic E-state index is 12.7. The van der Waals surface area contributed by atoms with Gasteiger partial charge >= 0.3 is 17.9 Å². The molecular formula is C54H92O6. The molecule has 0 aromatic rings. The Morgan fingerprint density at radius 3 is 1.08 bits per heavy atom. The van der Waals surface area contributed by atoms with E-state index in [-0.39, 0.29) is 31.1 Å². The van der Waals surface area contributed by atoms with Crippen LogP contribution in [0.1, 0.15) is 233 Å². The van der Waals surface area contributed by atoms with Crippen molar-refractivity contribution in [2.75, 3.05) is 13.2 Å². The highest BCUT2D eigenvalue weighted by Crippen LogP contribution is 2.14. The van der Waals surface area contributed by atoms with Crippen molar-refractivity contribution in [2.45, 2.75) is 239 Å². The third-order valence-electron chi connectivity index (χ3n) is 10.4. The Hall–Kier alpha value is -3.15. The van der Waals surface area contributed by atoms with E-state index in [1.165, 1.54) is 83.5 Å². The van der Waals surface area contributed by atoms with Gasteiger partial charge in [-0.05, 0) is 83.5 Å². The molecule has 0 heterocycles. The molecule has 1 unspecified atom stereocenters. The maximum absolute atomic E-state index is 12.7.